The van der Waals surface area contributed by atoms with E-state index < -0.39 is 0 Å². The van der Waals surface area contributed by atoms with Crippen molar-refractivity contribution in [1.82, 2.24) is 9.97 Å². The molecule has 0 saturated carbocycles. The number of nitrogens with zero attached hydrogens (tertiary/aromatic N) is 2. The van der Waals surface area contributed by atoms with E-state index in [1.54, 1.807) is 12.1 Å². The van der Waals surface area contributed by atoms with E-state index in [0.29, 0.717) is 22.4 Å². The van der Waals surface area contributed by atoms with E-state index in [1.807, 2.05) is 24.3 Å². The number of nitrogens with two attached hydrogens (primary N) is 2. The maximum Gasteiger partial charge on any atom is 0.114 e. The molecule has 0 aliphatic carbocycles. The van der Waals surface area contributed by atoms with Gasteiger partial charge in [-0.15, -0.1) is 0 Å². The summed E-state index contributed by atoms with van der Waals surface area (Å²) in [6.45, 7) is 0. The van der Waals surface area contributed by atoms with E-state index in [-0.39, 0.29) is 0 Å². The van der Waals surface area contributed by atoms with E-state index in [0.717, 1.165) is 11.0 Å². The van der Waals surface area contributed by atoms with E-state index in [1.165, 1.54) is 0 Å². The second-order valence-electron chi connectivity index (χ2n) is 3.65. The Bertz CT molecular complexity index is 631. The predicted octanol–water partition coefficient (Wildman–Crippen LogP) is 1.95. The first-order valence-corrected chi connectivity index (χ1v) is 4.96. The summed E-state index contributed by atoms with van der Waals surface area (Å²) in [5, 5.41) is 0. The second-order valence-corrected chi connectivity index (χ2v) is 3.65. The molecule has 0 amide bonds. The minimum absolute atomic E-state index is 0.599. The van der Waals surface area contributed by atoms with Gasteiger partial charge in [-0.1, -0.05) is 12.1 Å². The maximum absolute atomic E-state index is 5.86. The molecule has 0 fully saturated rings. The molecule has 2 aromatic carbocycles. The normalized spacial score (nSPS) is 11.0. The van der Waals surface area contributed by atoms with Crippen LogP contribution in [0.2, 0.25) is 0 Å². The average Bonchev–Trinajstić information content (AvgIpc) is 2.32. The molecule has 4 N–H and O–H groups in total. The Labute approximate surface area is 91.9 Å². The zero-order chi connectivity index (χ0) is 11.1. The Hall–Kier alpha value is -2.36. The summed E-state index contributed by atoms with van der Waals surface area (Å²) in [6.07, 6.45) is 0. The van der Waals surface area contributed by atoms with Crippen LogP contribution in [-0.2, 0) is 0 Å². The molecule has 0 saturated heterocycles. The van der Waals surface area contributed by atoms with Crippen molar-refractivity contribution in [2.24, 2.45) is 0 Å². The molecule has 0 aliphatic heterocycles. The highest BCUT2D eigenvalue weighted by Crippen LogP contribution is 2.25. The Kier molecular flexibility index (Phi) is 1.71. The molecule has 3 aromatic rings. The number of benzene rings is 2. The highest BCUT2D eigenvalue weighted by Gasteiger charge is 2.06. The Morgan fingerprint density at radius 3 is 1.56 bits per heavy atom. The van der Waals surface area contributed by atoms with Crippen LogP contribution in [0, 0.1) is 0 Å². The van der Waals surface area contributed by atoms with Crippen LogP contribution in [0.4, 0.5) is 11.4 Å². The Morgan fingerprint density at radius 1 is 0.688 bits per heavy atom. The van der Waals surface area contributed by atoms with Gasteiger partial charge in [-0.2, -0.15) is 0 Å². The minimum Gasteiger partial charge on any atom is -0.397 e. The van der Waals surface area contributed by atoms with Gasteiger partial charge in [0.25, 0.3) is 0 Å². The molecule has 1 aromatic heterocycles. The molecular formula is C12H10N4. The van der Waals surface area contributed by atoms with Gasteiger partial charge in [-0.3, -0.25) is 0 Å². The van der Waals surface area contributed by atoms with Gasteiger partial charge < -0.3 is 11.5 Å². The molecule has 0 bridgehead atoms. The fraction of sp³-hybridized carbons (Fsp3) is 0. The number of anilines is 2. The highest BCUT2D eigenvalue weighted by atomic mass is 14.8. The van der Waals surface area contributed by atoms with Crippen molar-refractivity contribution in [2.45, 2.75) is 0 Å². The van der Waals surface area contributed by atoms with Crippen molar-refractivity contribution >= 4 is 33.4 Å². The van der Waals surface area contributed by atoms with Gasteiger partial charge in [0.05, 0.1) is 22.4 Å². The number of rotatable bonds is 0. The van der Waals surface area contributed by atoms with Crippen LogP contribution in [0.25, 0.3) is 22.1 Å². The van der Waals surface area contributed by atoms with Crippen molar-refractivity contribution in [3.8, 4) is 0 Å². The Morgan fingerprint density at radius 2 is 1.12 bits per heavy atom. The lowest BCUT2D eigenvalue weighted by molar-refractivity contribution is 1.40. The van der Waals surface area contributed by atoms with Gasteiger partial charge in [-0.25, -0.2) is 9.97 Å². The Balaban J connectivity index is 2.56. The molecule has 0 unspecified atom stereocenters. The van der Waals surface area contributed by atoms with E-state index in [4.69, 9.17) is 11.5 Å². The summed E-state index contributed by atoms with van der Waals surface area (Å²) in [5.41, 5.74) is 15.9. The molecular weight excluding hydrogens is 200 g/mol. The van der Waals surface area contributed by atoms with Gasteiger partial charge in [0.2, 0.25) is 0 Å². The number of hydrogen-bond acceptors (Lipinski definition) is 4. The molecule has 0 spiro atoms. The topological polar surface area (TPSA) is 77.8 Å². The van der Waals surface area contributed by atoms with Crippen LogP contribution in [0.5, 0.6) is 0 Å². The number of nitrogen functional groups attached to an aromatic ring is 2. The lowest BCUT2D eigenvalue weighted by Gasteiger charge is -2.05. The van der Waals surface area contributed by atoms with E-state index in [9.17, 15) is 0 Å². The maximum atomic E-state index is 5.86. The summed E-state index contributed by atoms with van der Waals surface area (Å²) in [7, 11) is 0. The zero-order valence-corrected chi connectivity index (χ0v) is 8.51. The number of para-hydroxylation sites is 2. The molecule has 78 valence electrons. The standard InChI is InChI=1S/C12H10N4/c13-7-5-6-8(14)12-11(7)15-9-3-1-2-4-10(9)16-12/h1-6H,13-14H2. The summed E-state index contributed by atoms with van der Waals surface area (Å²) in [5.74, 6) is 0. The average molecular weight is 210 g/mol. The van der Waals surface area contributed by atoms with Crippen LogP contribution in [-0.4, -0.2) is 9.97 Å². The van der Waals surface area contributed by atoms with Crippen molar-refractivity contribution < 1.29 is 0 Å². The second kappa shape index (κ2) is 3.06. The monoisotopic (exact) mass is 210 g/mol. The number of fused-ring (bicyclic) bond motifs is 2. The van der Waals surface area contributed by atoms with E-state index in [2.05, 4.69) is 9.97 Å². The molecule has 4 nitrogen and oxygen atoms in total. The van der Waals surface area contributed by atoms with Gasteiger partial charge in [0.1, 0.15) is 11.0 Å². The largest absolute Gasteiger partial charge is 0.397 e. The van der Waals surface area contributed by atoms with Crippen LogP contribution < -0.4 is 11.5 Å². The molecule has 0 radical (unpaired) electrons. The lowest BCUT2D eigenvalue weighted by atomic mass is 10.2. The van der Waals surface area contributed by atoms with Crippen LogP contribution in [0.3, 0.4) is 0 Å². The molecule has 0 atom stereocenters. The molecule has 4 heteroatoms. The fourth-order valence-electron chi connectivity index (χ4n) is 1.74. The first-order chi connectivity index (χ1) is 7.75. The van der Waals surface area contributed by atoms with Gasteiger partial charge in [-0.05, 0) is 24.3 Å². The first kappa shape index (κ1) is 8.91. The summed E-state index contributed by atoms with van der Waals surface area (Å²) >= 11 is 0. The van der Waals surface area contributed by atoms with Crippen LogP contribution in [0.1, 0.15) is 0 Å². The fourth-order valence-corrected chi connectivity index (χ4v) is 1.74. The van der Waals surface area contributed by atoms with Crippen molar-refractivity contribution in [1.29, 1.82) is 0 Å². The quantitative estimate of drug-likeness (QED) is 0.439. The lowest BCUT2D eigenvalue weighted by Crippen LogP contribution is -1.97. The van der Waals surface area contributed by atoms with Gasteiger partial charge in [0.15, 0.2) is 0 Å². The smallest absolute Gasteiger partial charge is 0.114 e. The van der Waals surface area contributed by atoms with E-state index >= 15 is 0 Å². The third kappa shape index (κ3) is 1.16. The summed E-state index contributed by atoms with van der Waals surface area (Å²) in [4.78, 5) is 8.94. The zero-order valence-electron chi connectivity index (χ0n) is 8.51. The third-order valence-electron chi connectivity index (χ3n) is 2.56. The van der Waals surface area contributed by atoms with Crippen LogP contribution >= 0.6 is 0 Å². The van der Waals surface area contributed by atoms with Gasteiger partial charge in [0, 0.05) is 0 Å². The van der Waals surface area contributed by atoms with Crippen molar-refractivity contribution in [3.63, 3.8) is 0 Å². The molecule has 3 rings (SSSR count). The SMILES string of the molecule is Nc1ccc(N)c2nc3ccccc3nc12. The summed E-state index contributed by atoms with van der Waals surface area (Å²) < 4.78 is 0. The van der Waals surface area contributed by atoms with Crippen molar-refractivity contribution in [2.75, 3.05) is 11.5 Å². The molecule has 0 aliphatic rings. The van der Waals surface area contributed by atoms with Gasteiger partial charge >= 0.3 is 0 Å². The van der Waals surface area contributed by atoms with Crippen molar-refractivity contribution in [3.05, 3.63) is 36.4 Å². The first-order valence-electron chi connectivity index (χ1n) is 4.96. The molecule has 16 heavy (non-hydrogen) atoms. The predicted molar refractivity (Wildman–Crippen MR) is 65.9 cm³/mol. The van der Waals surface area contributed by atoms with Crippen LogP contribution in [0.15, 0.2) is 36.4 Å². The minimum atomic E-state index is 0.599. The summed E-state index contributed by atoms with van der Waals surface area (Å²) in [6, 6.07) is 11.2. The number of hydrogen-bond donors (Lipinski definition) is 2. The molecule has 1 heterocycles. The highest BCUT2D eigenvalue weighted by molar-refractivity contribution is 5.98. The third-order valence-corrected chi connectivity index (χ3v) is 2.56. The number of aromatic nitrogens is 2.